The molecular formula is C19H30N4O2. The van der Waals surface area contributed by atoms with Crippen LogP contribution in [0.3, 0.4) is 0 Å². The molecule has 2 heterocycles. The highest BCUT2D eigenvalue weighted by Gasteiger charge is 2.23. The second kappa shape index (κ2) is 9.06. The number of nitrogens with zero attached hydrogens (tertiary/aromatic N) is 2. The van der Waals surface area contributed by atoms with Crippen LogP contribution in [0.1, 0.15) is 18.9 Å². The minimum absolute atomic E-state index is 0.0783. The van der Waals surface area contributed by atoms with Crippen LogP contribution < -0.4 is 15.5 Å². The molecule has 1 aromatic carbocycles. The average molecular weight is 346 g/mol. The Balaban J connectivity index is 1.35. The molecule has 1 aromatic rings. The first-order valence-electron chi connectivity index (χ1n) is 9.40. The quantitative estimate of drug-likeness (QED) is 0.819. The molecule has 1 atom stereocenters. The highest BCUT2D eigenvalue weighted by Crippen LogP contribution is 2.28. The lowest BCUT2D eigenvalue weighted by atomic mass is 10.2. The van der Waals surface area contributed by atoms with Gasteiger partial charge in [0.1, 0.15) is 0 Å². The third-order valence-corrected chi connectivity index (χ3v) is 5.04. The Labute approximate surface area is 150 Å². The third kappa shape index (κ3) is 5.09. The molecule has 1 saturated heterocycles. The Bertz CT molecular complexity index is 558. The molecule has 0 aromatic heterocycles. The molecule has 6 heteroatoms. The van der Waals surface area contributed by atoms with Crippen molar-refractivity contribution in [2.75, 3.05) is 57.4 Å². The molecule has 3 rings (SSSR count). The molecular weight excluding hydrogens is 316 g/mol. The first-order chi connectivity index (χ1) is 12.2. The van der Waals surface area contributed by atoms with E-state index in [0.717, 1.165) is 52.2 Å². The lowest BCUT2D eigenvalue weighted by Crippen LogP contribution is -2.46. The molecule has 0 saturated carbocycles. The van der Waals surface area contributed by atoms with E-state index < -0.39 is 0 Å². The summed E-state index contributed by atoms with van der Waals surface area (Å²) in [6.45, 7) is 9.04. The van der Waals surface area contributed by atoms with Crippen molar-refractivity contribution in [1.82, 2.24) is 15.5 Å². The number of anilines is 1. The predicted octanol–water partition coefficient (Wildman–Crippen LogP) is 1.46. The molecule has 2 aliphatic rings. The van der Waals surface area contributed by atoms with E-state index in [1.165, 1.54) is 11.3 Å². The number of ether oxygens (including phenoxy) is 1. The molecule has 0 unspecified atom stereocenters. The Morgan fingerprint density at radius 1 is 1.20 bits per heavy atom. The van der Waals surface area contributed by atoms with E-state index in [-0.39, 0.29) is 12.1 Å². The maximum absolute atomic E-state index is 12.0. The van der Waals surface area contributed by atoms with E-state index in [1.54, 1.807) is 0 Å². The van der Waals surface area contributed by atoms with E-state index in [1.807, 2.05) is 0 Å². The van der Waals surface area contributed by atoms with Crippen molar-refractivity contribution in [3.8, 4) is 0 Å². The first kappa shape index (κ1) is 18.0. The number of rotatable bonds is 6. The summed E-state index contributed by atoms with van der Waals surface area (Å²) in [5.74, 6) is 0. The fourth-order valence-electron chi connectivity index (χ4n) is 3.58. The Hall–Kier alpha value is -1.79. The zero-order valence-corrected chi connectivity index (χ0v) is 15.2. The Kier molecular flexibility index (Phi) is 6.53. The van der Waals surface area contributed by atoms with Gasteiger partial charge in [0.2, 0.25) is 0 Å². The van der Waals surface area contributed by atoms with E-state index in [4.69, 9.17) is 4.74 Å². The average Bonchev–Trinajstić information content (AvgIpc) is 2.89. The zero-order chi connectivity index (χ0) is 17.5. The summed E-state index contributed by atoms with van der Waals surface area (Å²) < 4.78 is 5.44. The predicted molar refractivity (Wildman–Crippen MR) is 100 cm³/mol. The SMILES string of the molecule is C[C@H](CNC(=O)NCCN1CCCOCC1)N1CCc2ccccc21. The molecule has 25 heavy (non-hydrogen) atoms. The smallest absolute Gasteiger partial charge is 0.314 e. The van der Waals surface area contributed by atoms with Crippen molar-refractivity contribution in [2.24, 2.45) is 0 Å². The van der Waals surface area contributed by atoms with Crippen molar-refractivity contribution in [3.05, 3.63) is 29.8 Å². The molecule has 0 aliphatic carbocycles. The molecule has 0 bridgehead atoms. The van der Waals surface area contributed by atoms with Crippen LogP contribution in [0.25, 0.3) is 0 Å². The van der Waals surface area contributed by atoms with Crippen molar-refractivity contribution in [2.45, 2.75) is 25.8 Å². The standard InChI is InChI=1S/C19H30N4O2/c1-16(23-10-7-17-5-2-3-6-18(17)23)15-21-19(24)20-8-11-22-9-4-13-25-14-12-22/h2-3,5-6,16H,4,7-15H2,1H3,(H2,20,21,24)/t16-/m1/s1. The highest BCUT2D eigenvalue weighted by molar-refractivity contribution is 5.74. The van der Waals surface area contributed by atoms with Crippen molar-refractivity contribution < 1.29 is 9.53 Å². The number of nitrogens with one attached hydrogen (secondary N) is 2. The van der Waals surface area contributed by atoms with E-state index in [0.29, 0.717) is 13.1 Å². The van der Waals surface area contributed by atoms with Gasteiger partial charge in [-0.2, -0.15) is 0 Å². The fourth-order valence-corrected chi connectivity index (χ4v) is 3.58. The molecule has 2 amide bonds. The first-order valence-corrected chi connectivity index (χ1v) is 9.40. The van der Waals surface area contributed by atoms with Crippen LogP contribution >= 0.6 is 0 Å². The summed E-state index contributed by atoms with van der Waals surface area (Å²) in [6, 6.07) is 8.75. The van der Waals surface area contributed by atoms with Gasteiger partial charge in [-0.05, 0) is 31.4 Å². The van der Waals surface area contributed by atoms with Gasteiger partial charge in [-0.15, -0.1) is 0 Å². The monoisotopic (exact) mass is 346 g/mol. The van der Waals surface area contributed by atoms with Gasteiger partial charge in [0.25, 0.3) is 0 Å². The number of fused-ring (bicyclic) bond motifs is 1. The Morgan fingerprint density at radius 3 is 3.00 bits per heavy atom. The zero-order valence-electron chi connectivity index (χ0n) is 15.2. The molecule has 2 aliphatic heterocycles. The van der Waals surface area contributed by atoms with Gasteiger partial charge in [-0.25, -0.2) is 4.79 Å². The number of urea groups is 1. The topological polar surface area (TPSA) is 56.8 Å². The number of hydrogen-bond donors (Lipinski definition) is 2. The lowest BCUT2D eigenvalue weighted by molar-refractivity contribution is 0.141. The summed E-state index contributed by atoms with van der Waals surface area (Å²) in [4.78, 5) is 16.8. The number of hydrogen-bond acceptors (Lipinski definition) is 4. The normalized spacial score (nSPS) is 19.2. The number of carbonyl (C=O) groups is 1. The highest BCUT2D eigenvalue weighted by atomic mass is 16.5. The second-order valence-electron chi connectivity index (χ2n) is 6.87. The summed E-state index contributed by atoms with van der Waals surface area (Å²) in [7, 11) is 0. The van der Waals surface area contributed by atoms with Gasteiger partial charge in [0.05, 0.1) is 6.61 Å². The van der Waals surface area contributed by atoms with Crippen molar-refractivity contribution in [1.29, 1.82) is 0 Å². The largest absolute Gasteiger partial charge is 0.380 e. The summed E-state index contributed by atoms with van der Waals surface area (Å²) in [6.07, 6.45) is 2.16. The molecule has 1 fully saturated rings. The van der Waals surface area contributed by atoms with Gasteiger partial charge in [0.15, 0.2) is 0 Å². The third-order valence-electron chi connectivity index (χ3n) is 5.04. The second-order valence-corrected chi connectivity index (χ2v) is 6.87. The minimum Gasteiger partial charge on any atom is -0.380 e. The van der Waals surface area contributed by atoms with Gasteiger partial charge < -0.3 is 20.3 Å². The van der Waals surface area contributed by atoms with Crippen LogP contribution in [0.5, 0.6) is 0 Å². The molecule has 2 N–H and O–H groups in total. The van der Waals surface area contributed by atoms with E-state index in [9.17, 15) is 4.79 Å². The van der Waals surface area contributed by atoms with Gasteiger partial charge in [0, 0.05) is 57.6 Å². The Morgan fingerprint density at radius 2 is 2.08 bits per heavy atom. The van der Waals surface area contributed by atoms with Crippen molar-refractivity contribution >= 4 is 11.7 Å². The molecule has 6 nitrogen and oxygen atoms in total. The van der Waals surface area contributed by atoms with E-state index >= 15 is 0 Å². The van der Waals surface area contributed by atoms with Gasteiger partial charge in [-0.1, -0.05) is 18.2 Å². The van der Waals surface area contributed by atoms with Crippen LogP contribution in [0.4, 0.5) is 10.5 Å². The van der Waals surface area contributed by atoms with Crippen molar-refractivity contribution in [3.63, 3.8) is 0 Å². The number of amides is 2. The van der Waals surface area contributed by atoms with Crippen LogP contribution in [-0.2, 0) is 11.2 Å². The maximum Gasteiger partial charge on any atom is 0.314 e. The fraction of sp³-hybridized carbons (Fsp3) is 0.632. The molecule has 0 radical (unpaired) electrons. The van der Waals surface area contributed by atoms with Crippen LogP contribution in [0, 0.1) is 0 Å². The lowest BCUT2D eigenvalue weighted by Gasteiger charge is -2.27. The number of carbonyl (C=O) groups excluding carboxylic acids is 1. The molecule has 0 spiro atoms. The minimum atomic E-state index is -0.0783. The van der Waals surface area contributed by atoms with Crippen LogP contribution in [-0.4, -0.2) is 69.5 Å². The summed E-state index contributed by atoms with van der Waals surface area (Å²) >= 11 is 0. The van der Waals surface area contributed by atoms with E-state index in [2.05, 4.69) is 51.6 Å². The van der Waals surface area contributed by atoms with Crippen LogP contribution in [0.2, 0.25) is 0 Å². The molecule has 138 valence electrons. The van der Waals surface area contributed by atoms with Gasteiger partial charge in [-0.3, -0.25) is 4.90 Å². The number of para-hydroxylation sites is 1. The number of benzene rings is 1. The summed E-state index contributed by atoms with van der Waals surface area (Å²) in [5, 5.41) is 5.97. The maximum atomic E-state index is 12.0. The summed E-state index contributed by atoms with van der Waals surface area (Å²) in [5.41, 5.74) is 2.71. The van der Waals surface area contributed by atoms with Crippen LogP contribution in [0.15, 0.2) is 24.3 Å². The van der Waals surface area contributed by atoms with Gasteiger partial charge >= 0.3 is 6.03 Å².